The van der Waals surface area contributed by atoms with Gasteiger partial charge in [-0.05, 0) is 146 Å². The summed E-state index contributed by atoms with van der Waals surface area (Å²) in [5, 5.41) is 32.7. The van der Waals surface area contributed by atoms with E-state index in [9.17, 15) is 60.1 Å². The number of nitrogens with zero attached hydrogens (tertiary/aromatic N) is 11. The lowest BCUT2D eigenvalue weighted by Gasteiger charge is -2.33. The molecule has 0 radical (unpaired) electrons. The Morgan fingerprint density at radius 1 is 0.381 bits per heavy atom. The van der Waals surface area contributed by atoms with Crippen LogP contribution in [-0.2, 0) is 0 Å². The Labute approximate surface area is 641 Å². The first-order valence-corrected chi connectivity index (χ1v) is 36.2. The van der Waals surface area contributed by atoms with Gasteiger partial charge in [0, 0.05) is 175 Å². The molecule has 12 aromatic rings. The molecule has 4 saturated heterocycles. The molecule has 4 aliphatic rings. The van der Waals surface area contributed by atoms with Gasteiger partial charge in [-0.15, -0.1) is 0 Å². The summed E-state index contributed by atoms with van der Waals surface area (Å²) >= 11 is 0. The van der Waals surface area contributed by atoms with Crippen molar-refractivity contribution in [2.75, 3.05) is 125 Å². The van der Waals surface area contributed by atoms with Gasteiger partial charge >= 0.3 is 19.8 Å². The molecule has 4 aliphatic heterocycles. The van der Waals surface area contributed by atoms with Gasteiger partial charge in [-0.2, -0.15) is 26.3 Å². The van der Waals surface area contributed by atoms with E-state index in [1.54, 1.807) is 59.4 Å². The second-order valence-corrected chi connectivity index (χ2v) is 26.8. The minimum atomic E-state index is -3.07. The number of phenols is 2. The van der Waals surface area contributed by atoms with Crippen molar-refractivity contribution in [3.63, 3.8) is 0 Å². The zero-order chi connectivity index (χ0) is 79.6. The summed E-state index contributed by atoms with van der Waals surface area (Å²) in [6, 6.07) is 40.3. The summed E-state index contributed by atoms with van der Waals surface area (Å²) in [5.41, 5.74) is 8.55. The van der Waals surface area contributed by atoms with E-state index in [1.165, 1.54) is 106 Å². The highest BCUT2D eigenvalue weighted by Gasteiger charge is 2.23. The molecule has 113 heavy (non-hydrogen) atoms. The molecule has 0 spiro atoms. The normalized spacial score (nSPS) is 15.8. The highest BCUT2D eigenvalue weighted by molar-refractivity contribution is 5.72. The number of ether oxygens (including phenoxy) is 5. The number of pyridine rings is 5. The largest absolute Gasteiger partial charge is 0.504 e. The Bertz CT molecular complexity index is 5670. The first-order chi connectivity index (χ1) is 54.5. The van der Waals surface area contributed by atoms with Crippen LogP contribution < -0.4 is 86.8 Å². The minimum absolute atomic E-state index is 0.116. The van der Waals surface area contributed by atoms with E-state index in [0.717, 1.165) is 120 Å². The molecule has 0 unspecified atom stereocenters. The van der Waals surface area contributed by atoms with Crippen LogP contribution in [0.25, 0.3) is 67.4 Å². The van der Waals surface area contributed by atoms with Crippen molar-refractivity contribution >= 4 is 45.2 Å². The van der Waals surface area contributed by atoms with Crippen molar-refractivity contribution in [2.45, 2.75) is 45.8 Å². The first-order valence-electron chi connectivity index (χ1n) is 36.2. The second-order valence-electron chi connectivity index (χ2n) is 26.8. The zero-order valence-electron chi connectivity index (χ0n) is 61.7. The van der Waals surface area contributed by atoms with Gasteiger partial charge in [-0.25, -0.2) is 19.3 Å². The van der Waals surface area contributed by atoms with Crippen LogP contribution in [0, 0.1) is 5.82 Å². The fourth-order valence-corrected chi connectivity index (χ4v) is 13.6. The Balaban J connectivity index is 0.000000132. The van der Waals surface area contributed by atoms with Crippen LogP contribution in [-0.4, -0.2) is 181 Å². The number of anilines is 4. The van der Waals surface area contributed by atoms with Crippen LogP contribution in [0.2, 0.25) is 0 Å². The molecule has 0 bridgehead atoms. The molecule has 33 heteroatoms. The molecule has 6 N–H and O–H groups in total. The quantitative estimate of drug-likeness (QED) is 0.0491. The lowest BCUT2D eigenvalue weighted by Crippen LogP contribution is -2.49. The number of benzene rings is 4. The van der Waals surface area contributed by atoms with Crippen molar-refractivity contribution < 1.29 is 64.6 Å². The number of alkyl halides is 6. The first kappa shape index (κ1) is 78.7. The number of methoxy groups -OCH3 is 2. The van der Waals surface area contributed by atoms with Gasteiger partial charge in [-0.1, -0.05) is 6.07 Å². The van der Waals surface area contributed by atoms with Crippen LogP contribution in [0.5, 0.6) is 40.2 Å². The second kappa shape index (κ2) is 35.3. The van der Waals surface area contributed by atoms with E-state index >= 15 is 0 Å². The van der Waals surface area contributed by atoms with Crippen molar-refractivity contribution in [1.82, 2.24) is 53.8 Å². The van der Waals surface area contributed by atoms with Gasteiger partial charge in [0.2, 0.25) is 0 Å². The van der Waals surface area contributed by atoms with Crippen molar-refractivity contribution in [1.29, 1.82) is 0 Å². The number of aromatic nitrogens is 7. The predicted molar refractivity (Wildman–Crippen MR) is 416 cm³/mol. The molecule has 0 amide bonds. The average Bonchev–Trinajstić information content (AvgIpc) is 0.802. The minimum Gasteiger partial charge on any atom is -0.504 e. The molecule has 12 heterocycles. The monoisotopic (exact) mass is 1560 g/mol. The molecule has 16 rings (SSSR count). The maximum absolute atomic E-state index is 14.0. The number of nitrogens with one attached hydrogen (secondary N) is 4. The van der Waals surface area contributed by atoms with Gasteiger partial charge in [0.15, 0.2) is 46.1 Å². The summed E-state index contributed by atoms with van der Waals surface area (Å²) in [6.45, 7) is 7.43. The lowest BCUT2D eigenvalue weighted by atomic mass is 10.1. The van der Waals surface area contributed by atoms with E-state index in [2.05, 4.69) is 83.9 Å². The summed E-state index contributed by atoms with van der Waals surface area (Å²) in [6.07, 6.45) is 7.17. The zero-order valence-corrected chi connectivity index (χ0v) is 61.7. The molecular weight excluding hydrogens is 1480 g/mol. The summed E-state index contributed by atoms with van der Waals surface area (Å²) in [5.74, 6) is -1.78. The third-order valence-corrected chi connectivity index (χ3v) is 19.3. The van der Waals surface area contributed by atoms with E-state index in [4.69, 9.17) is 9.47 Å². The molecule has 0 aliphatic carbocycles. The van der Waals surface area contributed by atoms with Crippen LogP contribution in [0.1, 0.15) is 13.8 Å². The Kier molecular flexibility index (Phi) is 24.6. The van der Waals surface area contributed by atoms with Gasteiger partial charge < -0.3 is 74.8 Å². The molecule has 26 nitrogen and oxygen atoms in total. The smallest absolute Gasteiger partial charge is 0.387 e. The van der Waals surface area contributed by atoms with Gasteiger partial charge in [-0.3, -0.25) is 36.8 Å². The Morgan fingerprint density at radius 2 is 0.743 bits per heavy atom. The number of piperazine rings is 4. The SMILES string of the molecule is COc1ccc(-c2cc(=O)n3cc(N4CCNCC4)ccc3c2)cc1F.COc1ccc(-c2cc(=O)n3cc(N4CCN[C@@H](C)C4)ccc3n2)cc1OC(F)F.C[C@H]1CN(c2ccc3nc(-c4ccc(O)c(OC(F)F)c4)cc(=O)n3c2)CCN1.O=c1cc(-c2ccc(O)c(OC(F)F)c2)nc2ccc(N3CCNCC3)cn12. The summed E-state index contributed by atoms with van der Waals surface area (Å²) < 4.78 is 119. The third kappa shape index (κ3) is 19.0. The van der Waals surface area contributed by atoms with Crippen LogP contribution in [0.4, 0.5) is 53.5 Å². The third-order valence-electron chi connectivity index (χ3n) is 19.3. The highest BCUT2D eigenvalue weighted by atomic mass is 19.3. The maximum Gasteiger partial charge on any atom is 0.387 e. The molecule has 4 aromatic carbocycles. The Morgan fingerprint density at radius 3 is 1.16 bits per heavy atom. The van der Waals surface area contributed by atoms with Crippen LogP contribution >= 0.6 is 0 Å². The van der Waals surface area contributed by atoms with Crippen LogP contribution in [0.3, 0.4) is 0 Å². The van der Waals surface area contributed by atoms with E-state index < -0.39 is 37.2 Å². The Hall–Kier alpha value is -12.5. The molecule has 0 saturated carbocycles. The molecule has 2 atom stereocenters. The molecule has 8 aromatic heterocycles. The van der Waals surface area contributed by atoms with E-state index in [0.29, 0.717) is 73.9 Å². The molecule has 590 valence electrons. The summed E-state index contributed by atoms with van der Waals surface area (Å²) in [7, 11) is 2.79. The number of halogens is 7. The van der Waals surface area contributed by atoms with Crippen LogP contribution in [0.15, 0.2) is 196 Å². The van der Waals surface area contributed by atoms with E-state index in [1.807, 2.05) is 42.6 Å². The fourth-order valence-electron chi connectivity index (χ4n) is 13.6. The molecule has 4 fully saturated rings. The van der Waals surface area contributed by atoms with Gasteiger partial charge in [0.05, 0.1) is 54.1 Å². The van der Waals surface area contributed by atoms with Crippen molar-refractivity contribution in [3.8, 4) is 85.1 Å². The maximum atomic E-state index is 14.0. The number of hydrogen-bond donors (Lipinski definition) is 6. The van der Waals surface area contributed by atoms with Crippen molar-refractivity contribution in [2.24, 2.45) is 0 Å². The topological polar surface area (TPSA) is 272 Å². The average molecular weight is 1560 g/mol. The number of fused-ring (bicyclic) bond motifs is 4. The van der Waals surface area contributed by atoms with Crippen molar-refractivity contribution in [3.05, 3.63) is 224 Å². The number of aromatic hydroxyl groups is 2. The van der Waals surface area contributed by atoms with Gasteiger partial charge in [0.25, 0.3) is 22.2 Å². The van der Waals surface area contributed by atoms with E-state index in [-0.39, 0.29) is 51.0 Å². The number of rotatable bonds is 16. The fraction of sp³-hybridized carbons (Fsp3) is 0.287. The predicted octanol–water partition coefficient (Wildman–Crippen LogP) is 9.84. The summed E-state index contributed by atoms with van der Waals surface area (Å²) in [4.78, 5) is 73.0. The lowest BCUT2D eigenvalue weighted by molar-refractivity contribution is -0.0518. The standard InChI is InChI=1S/C21H22F2N4O3.C20H20F2N4O3.C20H20FN3O2.C19H18F2N4O3/c1-13-11-26(8-7-24-13)15-4-6-19-25-16(10-20(28)27(19)12-15)14-3-5-17(29-2)18(9-14)30-21(22)23;1-12-10-25(7-6-23-12)14-3-5-18-24-15(9-19(28)26(18)11-14)13-2-4-16(27)17(8-13)29-20(21)22;1-26-19-5-2-14(11-18(19)21)15-10-16-3-4-17(13-24(16)20(25)12-15)23-8-6-22-7-9-23;20-19(21)28-16-9-12(1-3-15(16)26)14-10-18(27)25-11-13(2-4-17(25)23-14)24-7-5-22-6-8-24/h3-6,9-10,12-13,21,24H,7-8,11H2,1-2H3;2-5,8-9,11-12,20,23,27H,6-7,10H2,1H3;2-5,10-13,22H,6-9H2,1H3;1-4,9-11,19,22,26H,5-8H2/t13-;12-;;/m00../s1. The highest BCUT2D eigenvalue weighted by Crippen LogP contribution is 2.36. The number of hydrogen-bond acceptors (Lipinski definition) is 22. The molecular formula is C80H80F7N15O11. The number of phenolic OH excluding ortho intramolecular Hbond substituents is 2. The van der Waals surface area contributed by atoms with Gasteiger partial charge in [0.1, 0.15) is 16.9 Å².